The molecule has 4 nitrogen and oxygen atoms in total. The predicted octanol–water partition coefficient (Wildman–Crippen LogP) is 1.92. The van der Waals surface area contributed by atoms with Crippen LogP contribution in [0.2, 0.25) is 5.02 Å². The van der Waals surface area contributed by atoms with E-state index in [-0.39, 0.29) is 35.1 Å². The third kappa shape index (κ3) is 5.55. The van der Waals surface area contributed by atoms with E-state index in [2.05, 4.69) is 4.98 Å². The molecule has 31 heavy (non-hydrogen) atoms. The van der Waals surface area contributed by atoms with Crippen LogP contribution < -0.4 is 39.4 Å². The number of carbonyl (C=O) groups is 1. The van der Waals surface area contributed by atoms with Gasteiger partial charge in [-0.2, -0.15) is 0 Å². The zero-order valence-electron chi connectivity index (χ0n) is 17.0. The van der Waals surface area contributed by atoms with Crippen LogP contribution in [0.1, 0.15) is 46.3 Å². The topological polar surface area (TPSA) is 62.2 Å². The molecule has 0 atom stereocenters. The number of allylic oxidation sites excluding steroid dienone is 2. The van der Waals surface area contributed by atoms with E-state index in [1.807, 2.05) is 30.3 Å². The average Bonchev–Trinajstić information content (AvgIpc) is 3.23. The van der Waals surface area contributed by atoms with Crippen LogP contribution in [0.5, 0.6) is 5.88 Å². The summed E-state index contributed by atoms with van der Waals surface area (Å²) in [4.78, 5) is 15.6. The van der Waals surface area contributed by atoms with Crippen LogP contribution in [0.25, 0.3) is 11.1 Å². The van der Waals surface area contributed by atoms with Crippen LogP contribution in [0.4, 0.5) is 4.39 Å². The molecule has 152 valence electrons. The summed E-state index contributed by atoms with van der Waals surface area (Å²) in [6.45, 7) is 0.347. The molecule has 0 radical (unpaired) electrons. The van der Waals surface area contributed by atoms with E-state index in [1.165, 1.54) is 18.3 Å². The Morgan fingerprint density at radius 3 is 2.58 bits per heavy atom. The molecule has 1 heterocycles. The Bertz CT molecular complexity index is 1130. The van der Waals surface area contributed by atoms with Crippen molar-refractivity contribution in [2.45, 2.75) is 25.9 Å². The molecule has 0 spiro atoms. The molecular formula is C24H18ClFNNaO3. The fourth-order valence-electron chi connectivity index (χ4n) is 3.73. The fourth-order valence-corrected chi connectivity index (χ4v) is 3.88. The summed E-state index contributed by atoms with van der Waals surface area (Å²) >= 11 is 6.21. The zero-order valence-corrected chi connectivity index (χ0v) is 19.8. The first-order valence-corrected chi connectivity index (χ1v) is 9.96. The fraction of sp³-hybridized carbons (Fsp3) is 0.167. The van der Waals surface area contributed by atoms with Gasteiger partial charge in [0.15, 0.2) is 0 Å². The van der Waals surface area contributed by atoms with Crippen molar-refractivity contribution in [1.82, 2.24) is 4.98 Å². The third-order valence-corrected chi connectivity index (χ3v) is 5.27. The van der Waals surface area contributed by atoms with Crippen molar-refractivity contribution < 1.29 is 48.6 Å². The van der Waals surface area contributed by atoms with Crippen LogP contribution >= 0.6 is 11.6 Å². The Labute approximate surface area is 207 Å². The number of pyridine rings is 1. The van der Waals surface area contributed by atoms with E-state index in [4.69, 9.17) is 16.3 Å². The first-order valence-electron chi connectivity index (χ1n) is 9.58. The van der Waals surface area contributed by atoms with E-state index >= 15 is 0 Å². The molecule has 0 saturated carbocycles. The van der Waals surface area contributed by atoms with Crippen LogP contribution in [-0.2, 0) is 6.61 Å². The number of aromatic carboxylic acids is 1. The normalized spacial score (nSPS) is 13.1. The second kappa shape index (κ2) is 10.4. The van der Waals surface area contributed by atoms with E-state index in [9.17, 15) is 14.3 Å². The molecule has 0 aliphatic heterocycles. The molecule has 0 bridgehead atoms. The summed E-state index contributed by atoms with van der Waals surface area (Å²) in [5, 5.41) is 11.7. The SMILES string of the molecule is O=C([O-])c1cc(F)cc(C2=C(c3cc(Cl)cnc3OCc3ccccc3)CCC2)c1.[Na+]. The quantitative estimate of drug-likeness (QED) is 0.544. The van der Waals surface area contributed by atoms with Crippen molar-refractivity contribution in [3.8, 4) is 5.88 Å². The molecule has 0 amide bonds. The van der Waals surface area contributed by atoms with Gasteiger partial charge in [-0.25, -0.2) is 9.37 Å². The Balaban J connectivity index is 0.00000272. The summed E-state index contributed by atoms with van der Waals surface area (Å²) in [6, 6.07) is 15.3. The molecule has 3 aromatic rings. The van der Waals surface area contributed by atoms with E-state index < -0.39 is 11.8 Å². The Morgan fingerprint density at radius 2 is 1.84 bits per heavy atom. The number of carboxylic acid groups (broad SMARTS) is 1. The Morgan fingerprint density at radius 1 is 1.10 bits per heavy atom. The van der Waals surface area contributed by atoms with Gasteiger partial charge >= 0.3 is 29.6 Å². The van der Waals surface area contributed by atoms with Crippen molar-refractivity contribution in [1.29, 1.82) is 0 Å². The molecule has 0 N–H and O–H groups in total. The number of carboxylic acids is 1. The van der Waals surface area contributed by atoms with E-state index in [0.29, 0.717) is 29.5 Å². The molecule has 1 aliphatic carbocycles. The standard InChI is InChI=1S/C24H19ClFNO3.Na/c25-18-12-22(23(27-13-18)30-14-15-5-2-1-3-6-15)21-8-4-7-20(21)16-9-17(24(28)29)11-19(26)10-16;/h1-3,5-6,9-13H,4,7-8,14H2,(H,28,29);/q;+1/p-1. The van der Waals surface area contributed by atoms with Gasteiger partial charge in [-0.3, -0.25) is 0 Å². The summed E-state index contributed by atoms with van der Waals surface area (Å²) < 4.78 is 20.0. The summed E-state index contributed by atoms with van der Waals surface area (Å²) in [6.07, 6.45) is 3.80. The third-order valence-electron chi connectivity index (χ3n) is 5.06. The number of nitrogens with zero attached hydrogens (tertiary/aromatic N) is 1. The summed E-state index contributed by atoms with van der Waals surface area (Å²) in [5.74, 6) is -1.59. The van der Waals surface area contributed by atoms with Crippen molar-refractivity contribution in [2.75, 3.05) is 0 Å². The number of carbonyl (C=O) groups excluding carboxylic acids is 1. The monoisotopic (exact) mass is 445 g/mol. The molecule has 7 heteroatoms. The minimum atomic E-state index is -1.41. The largest absolute Gasteiger partial charge is 1.00 e. The van der Waals surface area contributed by atoms with Crippen LogP contribution in [-0.4, -0.2) is 11.0 Å². The van der Waals surface area contributed by atoms with Crippen LogP contribution in [0.3, 0.4) is 0 Å². The van der Waals surface area contributed by atoms with Crippen LogP contribution in [0.15, 0.2) is 60.8 Å². The first kappa shape index (κ1) is 23.5. The van der Waals surface area contributed by atoms with E-state index in [1.54, 1.807) is 6.07 Å². The number of halogens is 2. The van der Waals surface area contributed by atoms with Gasteiger partial charge in [0.1, 0.15) is 12.4 Å². The number of ether oxygens (including phenoxy) is 1. The summed E-state index contributed by atoms with van der Waals surface area (Å²) in [7, 11) is 0. The summed E-state index contributed by atoms with van der Waals surface area (Å²) in [5.41, 5.74) is 3.88. The Hall–Kier alpha value is -2.18. The van der Waals surface area contributed by atoms with Gasteiger partial charge in [-0.05, 0) is 65.8 Å². The first-order chi connectivity index (χ1) is 14.5. The number of benzene rings is 2. The minimum Gasteiger partial charge on any atom is -0.545 e. The average molecular weight is 446 g/mol. The van der Waals surface area contributed by atoms with Gasteiger partial charge < -0.3 is 14.6 Å². The van der Waals surface area contributed by atoms with Crippen molar-refractivity contribution >= 4 is 28.7 Å². The maximum Gasteiger partial charge on any atom is 1.00 e. The zero-order chi connectivity index (χ0) is 21.1. The maximum absolute atomic E-state index is 14.1. The molecule has 0 fully saturated rings. The molecule has 0 saturated heterocycles. The molecule has 1 aliphatic rings. The van der Waals surface area contributed by atoms with Gasteiger partial charge in [0.25, 0.3) is 0 Å². The van der Waals surface area contributed by atoms with Crippen molar-refractivity contribution in [2.24, 2.45) is 0 Å². The molecule has 1 aromatic heterocycles. The predicted molar refractivity (Wildman–Crippen MR) is 111 cm³/mol. The van der Waals surface area contributed by atoms with Gasteiger partial charge in [0, 0.05) is 17.3 Å². The molecule has 2 aromatic carbocycles. The Kier molecular flexibility index (Phi) is 7.89. The minimum absolute atomic E-state index is 0. The second-order valence-corrected chi connectivity index (χ2v) is 7.54. The van der Waals surface area contributed by atoms with Gasteiger partial charge in [0.2, 0.25) is 5.88 Å². The number of hydrogen-bond acceptors (Lipinski definition) is 4. The van der Waals surface area contributed by atoms with Crippen molar-refractivity contribution in [3.05, 3.63) is 93.9 Å². The van der Waals surface area contributed by atoms with Gasteiger partial charge in [-0.1, -0.05) is 41.9 Å². The number of rotatable bonds is 6. The molecular weight excluding hydrogens is 428 g/mol. The van der Waals surface area contributed by atoms with Gasteiger partial charge in [-0.15, -0.1) is 0 Å². The number of hydrogen-bond donors (Lipinski definition) is 0. The molecule has 0 unspecified atom stereocenters. The second-order valence-electron chi connectivity index (χ2n) is 7.11. The molecule has 4 rings (SSSR count). The van der Waals surface area contributed by atoms with Gasteiger partial charge in [0.05, 0.1) is 11.0 Å². The maximum atomic E-state index is 14.1. The van der Waals surface area contributed by atoms with Crippen LogP contribution in [0, 0.1) is 5.82 Å². The van der Waals surface area contributed by atoms with Crippen molar-refractivity contribution in [3.63, 3.8) is 0 Å². The number of aromatic nitrogens is 1. The smallest absolute Gasteiger partial charge is 0.545 e. The van der Waals surface area contributed by atoms with E-state index in [0.717, 1.165) is 41.2 Å².